The molecule has 1 aliphatic rings. The molecule has 1 fully saturated rings. The topological polar surface area (TPSA) is 38.7 Å². The first-order chi connectivity index (χ1) is 9.56. The van der Waals surface area contributed by atoms with Crippen molar-refractivity contribution in [1.82, 2.24) is 0 Å². The van der Waals surface area contributed by atoms with Crippen LogP contribution in [0, 0.1) is 23.2 Å². The summed E-state index contributed by atoms with van der Waals surface area (Å²) in [5, 5.41) is 9.45. The molecule has 0 spiro atoms. The van der Waals surface area contributed by atoms with Crippen molar-refractivity contribution < 1.29 is 14.6 Å². The van der Waals surface area contributed by atoms with Gasteiger partial charge < -0.3 is 14.6 Å². The molecule has 0 aromatic carbocycles. The molecule has 3 unspecified atom stereocenters. The van der Waals surface area contributed by atoms with Crippen LogP contribution >= 0.6 is 0 Å². The third kappa shape index (κ3) is 4.72. The van der Waals surface area contributed by atoms with Gasteiger partial charge in [-0.25, -0.2) is 0 Å². The average molecular weight is 298 g/mol. The van der Waals surface area contributed by atoms with Gasteiger partial charge in [-0.3, -0.25) is 0 Å². The number of aliphatic hydroxyl groups excluding tert-OH is 1. The van der Waals surface area contributed by atoms with Crippen LogP contribution in [0.1, 0.15) is 61.3 Å². The molecule has 0 amide bonds. The van der Waals surface area contributed by atoms with Gasteiger partial charge in [0.25, 0.3) is 0 Å². The number of ether oxygens (including phenoxy) is 2. The first kappa shape index (κ1) is 18.5. The van der Waals surface area contributed by atoms with Gasteiger partial charge in [-0.2, -0.15) is 0 Å². The Labute approximate surface area is 130 Å². The maximum Gasteiger partial charge on any atom is 0.161 e. The molecule has 0 radical (unpaired) electrons. The maximum atomic E-state index is 9.45. The van der Waals surface area contributed by atoms with E-state index in [4.69, 9.17) is 9.47 Å². The van der Waals surface area contributed by atoms with E-state index in [0.29, 0.717) is 17.3 Å². The lowest BCUT2D eigenvalue weighted by Crippen LogP contribution is -2.44. The van der Waals surface area contributed by atoms with Crippen molar-refractivity contribution in [1.29, 1.82) is 0 Å². The van der Waals surface area contributed by atoms with Gasteiger partial charge in [-0.05, 0) is 37.0 Å². The average Bonchev–Trinajstić information content (AvgIpc) is 2.38. The standard InChI is InChI=1S/C18H34O3/c1-11(2)17(20-15(6)14(5)19)21-16-9-10-18(7,8)13(4)12(16)3/h11-13,15-17,19H,5,9-10H2,1-4,6-8H3/t12-,13?,15?,16+,17?/m1/s1. The minimum atomic E-state index is -0.398. The van der Waals surface area contributed by atoms with Gasteiger partial charge in [0.1, 0.15) is 11.9 Å². The number of hydrogen-bond donors (Lipinski definition) is 1. The molecule has 0 aromatic heterocycles. The molecule has 1 aliphatic carbocycles. The van der Waals surface area contributed by atoms with E-state index >= 15 is 0 Å². The Balaban J connectivity index is 2.70. The van der Waals surface area contributed by atoms with Crippen LogP contribution in [0.25, 0.3) is 0 Å². The van der Waals surface area contributed by atoms with E-state index in [1.165, 1.54) is 6.42 Å². The minimum Gasteiger partial charge on any atom is -0.510 e. The smallest absolute Gasteiger partial charge is 0.161 e. The summed E-state index contributed by atoms with van der Waals surface area (Å²) in [5.41, 5.74) is 0.375. The van der Waals surface area contributed by atoms with Crippen molar-refractivity contribution in [3.8, 4) is 0 Å². The Morgan fingerprint density at radius 1 is 1.24 bits per heavy atom. The van der Waals surface area contributed by atoms with Gasteiger partial charge in [-0.1, -0.05) is 48.1 Å². The molecule has 3 heteroatoms. The molecular weight excluding hydrogens is 264 g/mol. The maximum absolute atomic E-state index is 9.45. The van der Waals surface area contributed by atoms with Gasteiger partial charge >= 0.3 is 0 Å². The van der Waals surface area contributed by atoms with Crippen LogP contribution in [-0.2, 0) is 9.47 Å². The summed E-state index contributed by atoms with van der Waals surface area (Å²) in [7, 11) is 0. The summed E-state index contributed by atoms with van der Waals surface area (Å²) in [6, 6.07) is 0. The van der Waals surface area contributed by atoms with Crippen LogP contribution in [0.5, 0.6) is 0 Å². The zero-order valence-corrected chi connectivity index (χ0v) is 14.8. The molecule has 0 aromatic rings. The normalized spacial score (nSPS) is 31.9. The first-order valence-corrected chi connectivity index (χ1v) is 8.25. The quantitative estimate of drug-likeness (QED) is 0.558. The molecule has 0 saturated heterocycles. The van der Waals surface area contributed by atoms with Gasteiger partial charge in [0.05, 0.1) is 6.10 Å². The van der Waals surface area contributed by atoms with Crippen LogP contribution in [0.15, 0.2) is 12.3 Å². The highest BCUT2D eigenvalue weighted by molar-refractivity contribution is 4.90. The highest BCUT2D eigenvalue weighted by atomic mass is 16.7. The summed E-state index contributed by atoms with van der Waals surface area (Å²) in [6.07, 6.45) is 1.77. The number of aliphatic hydroxyl groups is 1. The van der Waals surface area contributed by atoms with Crippen LogP contribution < -0.4 is 0 Å². The number of hydrogen-bond acceptors (Lipinski definition) is 3. The fourth-order valence-corrected chi connectivity index (χ4v) is 3.03. The molecule has 0 bridgehead atoms. The monoisotopic (exact) mass is 298 g/mol. The molecule has 3 nitrogen and oxygen atoms in total. The molecule has 1 N–H and O–H groups in total. The molecule has 124 valence electrons. The second-order valence-corrected chi connectivity index (χ2v) is 7.73. The van der Waals surface area contributed by atoms with Gasteiger partial charge in [0.2, 0.25) is 0 Å². The SMILES string of the molecule is C=C(O)C(C)OC(O[C@H]1CCC(C)(C)C(C)[C@H]1C)C(C)C. The van der Waals surface area contributed by atoms with Crippen molar-refractivity contribution in [2.75, 3.05) is 0 Å². The van der Waals surface area contributed by atoms with Gasteiger partial charge in [0, 0.05) is 5.92 Å². The van der Waals surface area contributed by atoms with Crippen molar-refractivity contribution in [2.45, 2.75) is 79.8 Å². The lowest BCUT2D eigenvalue weighted by Gasteiger charge is -2.46. The Kier molecular flexibility index (Phi) is 6.30. The summed E-state index contributed by atoms with van der Waals surface area (Å²) in [5.74, 6) is 1.42. The summed E-state index contributed by atoms with van der Waals surface area (Å²) >= 11 is 0. The largest absolute Gasteiger partial charge is 0.510 e. The van der Waals surface area contributed by atoms with Crippen LogP contribution in [0.4, 0.5) is 0 Å². The molecule has 1 saturated carbocycles. The second-order valence-electron chi connectivity index (χ2n) is 7.73. The van der Waals surface area contributed by atoms with Gasteiger partial charge in [-0.15, -0.1) is 0 Å². The summed E-state index contributed by atoms with van der Waals surface area (Å²) in [6.45, 7) is 18.8. The van der Waals surface area contributed by atoms with Crippen LogP contribution in [-0.4, -0.2) is 23.6 Å². The van der Waals surface area contributed by atoms with Crippen molar-refractivity contribution >= 4 is 0 Å². The summed E-state index contributed by atoms with van der Waals surface area (Å²) in [4.78, 5) is 0. The molecule has 0 heterocycles. The lowest BCUT2D eigenvalue weighted by molar-refractivity contribution is -0.230. The van der Waals surface area contributed by atoms with E-state index in [-0.39, 0.29) is 24.1 Å². The van der Waals surface area contributed by atoms with Crippen LogP contribution in [0.2, 0.25) is 0 Å². The third-order valence-electron chi connectivity index (χ3n) is 5.34. The third-order valence-corrected chi connectivity index (χ3v) is 5.34. The van der Waals surface area contributed by atoms with Crippen molar-refractivity contribution in [3.05, 3.63) is 12.3 Å². The highest BCUT2D eigenvalue weighted by Crippen LogP contribution is 2.45. The van der Waals surface area contributed by atoms with Crippen molar-refractivity contribution in [3.63, 3.8) is 0 Å². The van der Waals surface area contributed by atoms with E-state index in [1.807, 2.05) is 0 Å². The van der Waals surface area contributed by atoms with Gasteiger partial charge in [0.15, 0.2) is 6.29 Å². The predicted molar refractivity (Wildman–Crippen MR) is 87.2 cm³/mol. The zero-order valence-electron chi connectivity index (χ0n) is 14.8. The Hall–Kier alpha value is -0.540. The fourth-order valence-electron chi connectivity index (χ4n) is 3.03. The van der Waals surface area contributed by atoms with E-state index in [9.17, 15) is 5.11 Å². The predicted octanol–water partition coefficient (Wildman–Crippen LogP) is 4.92. The van der Waals surface area contributed by atoms with E-state index in [2.05, 4.69) is 48.1 Å². The molecule has 0 aliphatic heterocycles. The molecule has 5 atom stereocenters. The molecule has 1 rings (SSSR count). The zero-order chi connectivity index (χ0) is 16.4. The number of rotatable bonds is 6. The van der Waals surface area contributed by atoms with E-state index in [1.54, 1.807) is 6.92 Å². The minimum absolute atomic E-state index is 0.0513. The highest BCUT2D eigenvalue weighted by Gasteiger charge is 2.40. The molecular formula is C18H34O3. The first-order valence-electron chi connectivity index (χ1n) is 8.25. The Bertz CT molecular complexity index is 348. The van der Waals surface area contributed by atoms with E-state index in [0.717, 1.165) is 6.42 Å². The van der Waals surface area contributed by atoms with E-state index < -0.39 is 6.10 Å². The summed E-state index contributed by atoms with van der Waals surface area (Å²) < 4.78 is 12.1. The second kappa shape index (κ2) is 7.15. The van der Waals surface area contributed by atoms with Crippen LogP contribution in [0.3, 0.4) is 0 Å². The van der Waals surface area contributed by atoms with Crippen molar-refractivity contribution in [2.24, 2.45) is 23.2 Å². The lowest BCUT2D eigenvalue weighted by atomic mass is 9.64. The fraction of sp³-hybridized carbons (Fsp3) is 0.889. The Morgan fingerprint density at radius 2 is 1.81 bits per heavy atom. The Morgan fingerprint density at radius 3 is 2.29 bits per heavy atom. The molecule has 21 heavy (non-hydrogen) atoms.